The highest BCUT2D eigenvalue weighted by Gasteiger charge is 2.49. The minimum atomic E-state index is -3.04. The SMILES string of the molecule is CC(=O)O[C@@H](CC[C@H]1C(=O)N(c2ccc(CCCCS(C)(=O)=O)cc2)[C@@H]1c1ccc(CCc2ccc(C(O)(CO)CO)cc2)cc1OCc1ccccc1)c1ccc(F)cc1. The third kappa shape index (κ3) is 11.9. The lowest BCUT2D eigenvalue weighted by atomic mass is 9.77. The van der Waals surface area contributed by atoms with Crippen molar-refractivity contribution in [3.05, 3.63) is 166 Å². The van der Waals surface area contributed by atoms with Crippen LogP contribution in [0.2, 0.25) is 0 Å². The zero-order valence-corrected chi connectivity index (χ0v) is 35.4. The van der Waals surface area contributed by atoms with Gasteiger partial charge in [-0.1, -0.05) is 91.0 Å². The number of aryl methyl sites for hydroxylation is 3. The number of carbonyl (C=O) groups excluding carboxylic acids is 2. The highest BCUT2D eigenvalue weighted by Crippen LogP contribution is 2.49. The summed E-state index contributed by atoms with van der Waals surface area (Å²) in [5.41, 5.74) is 4.85. The Hall–Kier alpha value is -5.40. The molecule has 322 valence electrons. The van der Waals surface area contributed by atoms with Crippen LogP contribution in [-0.4, -0.2) is 60.8 Å². The summed E-state index contributed by atoms with van der Waals surface area (Å²) >= 11 is 0. The molecule has 0 aromatic heterocycles. The first-order valence-corrected chi connectivity index (χ1v) is 22.7. The number of nitrogens with zero attached hydrogens (tertiary/aromatic N) is 1. The molecule has 1 saturated heterocycles. The summed E-state index contributed by atoms with van der Waals surface area (Å²) in [6.45, 7) is 0.405. The first kappa shape index (κ1) is 45.1. The number of carbonyl (C=O) groups is 2. The fourth-order valence-corrected chi connectivity index (χ4v) is 8.56. The van der Waals surface area contributed by atoms with Crippen molar-refractivity contribution in [2.45, 2.75) is 76.2 Å². The Balaban J connectivity index is 1.30. The largest absolute Gasteiger partial charge is 0.489 e. The number of unbranched alkanes of at least 4 members (excludes halogenated alkanes) is 1. The molecule has 1 heterocycles. The van der Waals surface area contributed by atoms with Gasteiger partial charge in [-0.05, 0) is 109 Å². The lowest BCUT2D eigenvalue weighted by Crippen LogP contribution is -2.55. The van der Waals surface area contributed by atoms with Crippen molar-refractivity contribution in [3.8, 4) is 5.75 Å². The summed E-state index contributed by atoms with van der Waals surface area (Å²) in [4.78, 5) is 28.3. The minimum Gasteiger partial charge on any atom is -0.489 e. The van der Waals surface area contributed by atoms with Gasteiger partial charge in [0.1, 0.15) is 39.7 Å². The van der Waals surface area contributed by atoms with Crippen molar-refractivity contribution >= 4 is 27.4 Å². The van der Waals surface area contributed by atoms with Crippen molar-refractivity contribution in [2.24, 2.45) is 5.92 Å². The van der Waals surface area contributed by atoms with Crippen LogP contribution in [0.5, 0.6) is 5.75 Å². The minimum absolute atomic E-state index is 0.0950. The molecule has 3 atom stereocenters. The predicted molar refractivity (Wildman–Crippen MR) is 232 cm³/mol. The second kappa shape index (κ2) is 20.4. The average Bonchev–Trinajstić information content (AvgIpc) is 3.26. The van der Waals surface area contributed by atoms with Gasteiger partial charge in [-0.15, -0.1) is 0 Å². The number of aliphatic hydroxyl groups excluding tert-OH is 2. The number of halogens is 1. The Labute approximate surface area is 357 Å². The van der Waals surface area contributed by atoms with E-state index in [9.17, 15) is 37.7 Å². The number of hydrogen-bond donors (Lipinski definition) is 3. The van der Waals surface area contributed by atoms with Crippen molar-refractivity contribution in [2.75, 3.05) is 30.1 Å². The van der Waals surface area contributed by atoms with E-state index in [0.717, 1.165) is 27.8 Å². The van der Waals surface area contributed by atoms with Gasteiger partial charge in [0.15, 0.2) is 0 Å². The topological polar surface area (TPSA) is 151 Å². The molecule has 0 saturated carbocycles. The highest BCUT2D eigenvalue weighted by molar-refractivity contribution is 7.90. The third-order valence-corrected chi connectivity index (χ3v) is 12.3. The predicted octanol–water partition coefficient (Wildman–Crippen LogP) is 7.52. The molecule has 0 unspecified atom stereocenters. The van der Waals surface area contributed by atoms with Crippen molar-refractivity contribution in [3.63, 3.8) is 0 Å². The lowest BCUT2D eigenvalue weighted by Gasteiger charge is -2.48. The molecule has 12 heteroatoms. The van der Waals surface area contributed by atoms with E-state index in [4.69, 9.17) is 9.47 Å². The van der Waals surface area contributed by atoms with Gasteiger partial charge in [0.25, 0.3) is 0 Å². The number of β-lactam (4-membered cyclic amide) rings is 1. The summed E-state index contributed by atoms with van der Waals surface area (Å²) in [6.07, 6.45) is 4.53. The van der Waals surface area contributed by atoms with Crippen LogP contribution in [0.25, 0.3) is 0 Å². The van der Waals surface area contributed by atoms with Gasteiger partial charge in [-0.3, -0.25) is 9.59 Å². The quantitative estimate of drug-likeness (QED) is 0.0387. The van der Waals surface area contributed by atoms with Crippen molar-refractivity contribution in [1.29, 1.82) is 0 Å². The molecule has 1 aliphatic rings. The van der Waals surface area contributed by atoms with Gasteiger partial charge in [-0.25, -0.2) is 12.8 Å². The van der Waals surface area contributed by atoms with E-state index >= 15 is 0 Å². The van der Waals surface area contributed by atoms with Crippen LogP contribution >= 0.6 is 0 Å². The van der Waals surface area contributed by atoms with Crippen LogP contribution in [0.15, 0.2) is 121 Å². The second-order valence-electron chi connectivity index (χ2n) is 15.9. The maximum atomic E-state index is 14.3. The average molecular weight is 852 g/mol. The van der Waals surface area contributed by atoms with Crippen LogP contribution < -0.4 is 9.64 Å². The Kier molecular flexibility index (Phi) is 15.1. The molecule has 5 aromatic rings. The molecule has 1 amide bonds. The Bertz CT molecular complexity index is 2330. The molecule has 0 spiro atoms. The molecule has 0 radical (unpaired) electrons. The molecule has 5 aromatic carbocycles. The smallest absolute Gasteiger partial charge is 0.303 e. The number of esters is 1. The number of amides is 1. The first-order chi connectivity index (χ1) is 29.3. The fraction of sp³-hybridized carbons (Fsp3) is 0.347. The summed E-state index contributed by atoms with van der Waals surface area (Å²) in [6, 6.07) is 36.1. The Morgan fingerprint density at radius 2 is 1.43 bits per heavy atom. The van der Waals surface area contributed by atoms with Gasteiger partial charge >= 0.3 is 5.97 Å². The van der Waals surface area contributed by atoms with E-state index in [1.54, 1.807) is 29.2 Å². The van der Waals surface area contributed by atoms with Crippen molar-refractivity contribution in [1.82, 2.24) is 0 Å². The normalized spacial score (nSPS) is 15.9. The van der Waals surface area contributed by atoms with E-state index in [0.29, 0.717) is 67.5 Å². The third-order valence-electron chi connectivity index (χ3n) is 11.3. The standard InChI is InChI=1S/C49H54FNO9S/c1-34(54)60-45(39-18-22-41(50)23-19-39)28-27-44-47(51(48(44)55)42-24-15-35(16-25-42)8-6-7-29-61(2,57)58)43-26-17-37(30-46(43)59-31-38-9-4-3-5-10-38)12-11-36-13-20-40(21-14-36)49(56,32-52)33-53/h3-5,9-10,13-26,30,44-45,47,52-53,56H,6-8,11-12,27-29,31-33H2,1-2H3/t44-,45+,47-/m1/s1. The summed E-state index contributed by atoms with van der Waals surface area (Å²) in [5.74, 6) is -0.732. The van der Waals surface area contributed by atoms with E-state index in [1.807, 2.05) is 84.9 Å². The molecule has 61 heavy (non-hydrogen) atoms. The number of rotatable bonds is 21. The highest BCUT2D eigenvalue weighted by atomic mass is 32.2. The van der Waals surface area contributed by atoms with Gasteiger partial charge in [0.05, 0.1) is 25.2 Å². The van der Waals surface area contributed by atoms with Crippen LogP contribution in [-0.2, 0) is 55.6 Å². The van der Waals surface area contributed by atoms with Crippen LogP contribution in [0.3, 0.4) is 0 Å². The first-order valence-electron chi connectivity index (χ1n) is 20.6. The molecule has 1 fully saturated rings. The number of benzene rings is 5. The molecular weight excluding hydrogens is 798 g/mol. The van der Waals surface area contributed by atoms with Crippen LogP contribution in [0, 0.1) is 11.7 Å². The van der Waals surface area contributed by atoms with Gasteiger partial charge in [0.2, 0.25) is 5.91 Å². The molecular formula is C49H54FNO9S. The number of sulfone groups is 1. The number of aliphatic hydroxyl groups is 3. The van der Waals surface area contributed by atoms with Crippen molar-refractivity contribution < 1.29 is 47.2 Å². The Morgan fingerprint density at radius 1 is 0.803 bits per heavy atom. The number of anilines is 1. The molecule has 0 aliphatic carbocycles. The maximum Gasteiger partial charge on any atom is 0.303 e. The maximum absolute atomic E-state index is 14.3. The number of ether oxygens (including phenoxy) is 2. The fourth-order valence-electron chi connectivity index (χ4n) is 7.83. The Morgan fingerprint density at radius 3 is 2.07 bits per heavy atom. The number of hydrogen-bond acceptors (Lipinski definition) is 9. The molecule has 10 nitrogen and oxygen atoms in total. The van der Waals surface area contributed by atoms with E-state index in [-0.39, 0.29) is 18.3 Å². The monoisotopic (exact) mass is 851 g/mol. The van der Waals surface area contributed by atoms with E-state index in [2.05, 4.69) is 0 Å². The summed E-state index contributed by atoms with van der Waals surface area (Å²) in [7, 11) is -3.04. The summed E-state index contributed by atoms with van der Waals surface area (Å²) < 4.78 is 49.4. The molecule has 6 rings (SSSR count). The zero-order chi connectivity index (χ0) is 43.6. The molecule has 0 bridgehead atoms. The molecule has 3 N–H and O–H groups in total. The van der Waals surface area contributed by atoms with Gasteiger partial charge in [-0.2, -0.15) is 0 Å². The molecule has 1 aliphatic heterocycles. The lowest BCUT2D eigenvalue weighted by molar-refractivity contribution is -0.147. The van der Waals surface area contributed by atoms with Gasteiger partial charge in [0, 0.05) is 30.2 Å². The van der Waals surface area contributed by atoms with E-state index in [1.165, 1.54) is 25.3 Å². The second-order valence-corrected chi connectivity index (χ2v) is 18.2. The van der Waals surface area contributed by atoms with Gasteiger partial charge < -0.3 is 29.7 Å². The zero-order valence-electron chi connectivity index (χ0n) is 34.6. The summed E-state index contributed by atoms with van der Waals surface area (Å²) in [5, 5.41) is 29.8. The van der Waals surface area contributed by atoms with Crippen LogP contribution in [0.4, 0.5) is 10.1 Å². The van der Waals surface area contributed by atoms with Crippen LogP contribution in [0.1, 0.15) is 83.7 Å². The van der Waals surface area contributed by atoms with E-state index < -0.39 is 58.5 Å².